The lowest BCUT2D eigenvalue weighted by Gasteiger charge is -2.33. The van der Waals surface area contributed by atoms with Gasteiger partial charge in [-0.05, 0) is 31.2 Å². The monoisotopic (exact) mass is 319 g/mol. The summed E-state index contributed by atoms with van der Waals surface area (Å²) in [6.07, 6.45) is 1.37. The van der Waals surface area contributed by atoms with Crippen molar-refractivity contribution in [2.24, 2.45) is 5.41 Å². The van der Waals surface area contributed by atoms with Crippen LogP contribution in [-0.2, 0) is 14.3 Å². The zero-order valence-electron chi connectivity index (χ0n) is 13.7. The van der Waals surface area contributed by atoms with Gasteiger partial charge < -0.3 is 19.9 Å². The standard InChI is InChI=1S/C17H21NO5/c1-5-22-14(19)11-6-8-12(9-7-11)18-13-10-17(21,16(2,3)4)23-15(13)20/h6-10,18,21H,5H2,1-4H3. The molecule has 1 aromatic rings. The SMILES string of the molecule is CCOC(=O)c1ccc(NC2=CC(O)(C(C)(C)C)OC2=O)cc1. The second-order valence-corrected chi connectivity index (χ2v) is 6.32. The zero-order chi connectivity index (χ0) is 17.3. The molecule has 0 spiro atoms. The Morgan fingerprint density at radius 2 is 1.91 bits per heavy atom. The van der Waals surface area contributed by atoms with Crippen LogP contribution in [0.2, 0.25) is 0 Å². The molecule has 2 rings (SSSR count). The number of hydrogen-bond donors (Lipinski definition) is 2. The Labute approximate surface area is 135 Å². The molecule has 0 aliphatic carbocycles. The van der Waals surface area contributed by atoms with Gasteiger partial charge in [-0.1, -0.05) is 20.8 Å². The fourth-order valence-corrected chi connectivity index (χ4v) is 2.00. The van der Waals surface area contributed by atoms with Crippen molar-refractivity contribution in [3.63, 3.8) is 0 Å². The molecule has 1 aliphatic rings. The summed E-state index contributed by atoms with van der Waals surface area (Å²) in [7, 11) is 0. The van der Waals surface area contributed by atoms with Gasteiger partial charge in [0.05, 0.1) is 12.2 Å². The minimum absolute atomic E-state index is 0.159. The van der Waals surface area contributed by atoms with Crippen LogP contribution in [0.25, 0.3) is 0 Å². The highest BCUT2D eigenvalue weighted by Gasteiger charge is 2.48. The summed E-state index contributed by atoms with van der Waals surface area (Å²) in [6, 6.07) is 6.48. The van der Waals surface area contributed by atoms with Crippen molar-refractivity contribution in [1.82, 2.24) is 0 Å². The molecule has 1 heterocycles. The lowest BCUT2D eigenvalue weighted by molar-refractivity contribution is -0.212. The van der Waals surface area contributed by atoms with Gasteiger partial charge in [-0.15, -0.1) is 0 Å². The molecule has 1 aliphatic heterocycles. The fourth-order valence-electron chi connectivity index (χ4n) is 2.00. The van der Waals surface area contributed by atoms with Crippen LogP contribution in [0.4, 0.5) is 5.69 Å². The maximum atomic E-state index is 11.9. The van der Waals surface area contributed by atoms with Crippen LogP contribution in [0.3, 0.4) is 0 Å². The highest BCUT2D eigenvalue weighted by Crippen LogP contribution is 2.38. The first kappa shape index (κ1) is 17.0. The van der Waals surface area contributed by atoms with Crippen molar-refractivity contribution in [2.45, 2.75) is 33.5 Å². The van der Waals surface area contributed by atoms with Gasteiger partial charge in [-0.3, -0.25) is 0 Å². The third-order valence-corrected chi connectivity index (χ3v) is 3.56. The number of ether oxygens (including phenoxy) is 2. The molecule has 0 saturated heterocycles. The Bertz CT molecular complexity index is 642. The number of nitrogens with one attached hydrogen (secondary N) is 1. The predicted octanol–water partition coefficient (Wildman–Crippen LogP) is 2.45. The smallest absolute Gasteiger partial charge is 0.357 e. The number of hydrogen-bond acceptors (Lipinski definition) is 6. The normalized spacial score (nSPS) is 20.7. The molecule has 6 nitrogen and oxygen atoms in total. The number of carbonyl (C=O) groups is 2. The molecule has 1 aromatic carbocycles. The van der Waals surface area contributed by atoms with Gasteiger partial charge in [0, 0.05) is 17.2 Å². The van der Waals surface area contributed by atoms with Crippen molar-refractivity contribution in [2.75, 3.05) is 11.9 Å². The molecule has 6 heteroatoms. The van der Waals surface area contributed by atoms with E-state index >= 15 is 0 Å². The minimum Gasteiger partial charge on any atom is -0.462 e. The Morgan fingerprint density at radius 1 is 1.30 bits per heavy atom. The second-order valence-electron chi connectivity index (χ2n) is 6.32. The zero-order valence-corrected chi connectivity index (χ0v) is 13.7. The second kappa shape index (κ2) is 6.04. The number of cyclic esters (lactones) is 1. The number of rotatable bonds is 4. The van der Waals surface area contributed by atoms with Crippen molar-refractivity contribution >= 4 is 17.6 Å². The Kier molecular flexibility index (Phi) is 4.47. The number of anilines is 1. The molecule has 0 saturated carbocycles. The maximum absolute atomic E-state index is 11.9. The molecule has 0 radical (unpaired) electrons. The van der Waals surface area contributed by atoms with Gasteiger partial charge in [0.15, 0.2) is 0 Å². The van der Waals surface area contributed by atoms with Crippen LogP contribution in [0.5, 0.6) is 0 Å². The first-order chi connectivity index (χ1) is 10.7. The third-order valence-electron chi connectivity index (χ3n) is 3.56. The topological polar surface area (TPSA) is 84.9 Å². The summed E-state index contributed by atoms with van der Waals surface area (Å²) >= 11 is 0. The van der Waals surface area contributed by atoms with Crippen LogP contribution >= 0.6 is 0 Å². The van der Waals surface area contributed by atoms with E-state index in [-0.39, 0.29) is 5.70 Å². The van der Waals surface area contributed by atoms with E-state index in [0.717, 1.165) is 0 Å². The van der Waals surface area contributed by atoms with E-state index in [0.29, 0.717) is 17.9 Å². The summed E-state index contributed by atoms with van der Waals surface area (Å²) in [6.45, 7) is 7.36. The highest BCUT2D eigenvalue weighted by atomic mass is 16.7. The molecule has 0 aromatic heterocycles. The van der Waals surface area contributed by atoms with E-state index in [2.05, 4.69) is 5.32 Å². The van der Waals surface area contributed by atoms with Crippen molar-refractivity contribution < 1.29 is 24.2 Å². The van der Waals surface area contributed by atoms with Gasteiger partial charge in [-0.25, -0.2) is 9.59 Å². The number of aliphatic hydroxyl groups is 1. The lowest BCUT2D eigenvalue weighted by Crippen LogP contribution is -2.41. The van der Waals surface area contributed by atoms with Gasteiger partial charge >= 0.3 is 11.9 Å². The summed E-state index contributed by atoms with van der Waals surface area (Å²) in [5.74, 6) is -2.69. The van der Waals surface area contributed by atoms with Gasteiger partial charge in [-0.2, -0.15) is 0 Å². The number of carbonyl (C=O) groups excluding carboxylic acids is 2. The molecule has 124 valence electrons. The van der Waals surface area contributed by atoms with Crippen LogP contribution in [0, 0.1) is 5.41 Å². The number of benzene rings is 1. The lowest BCUT2D eigenvalue weighted by atomic mass is 9.85. The van der Waals surface area contributed by atoms with Crippen LogP contribution < -0.4 is 5.32 Å². The first-order valence-electron chi connectivity index (χ1n) is 7.39. The van der Waals surface area contributed by atoms with Gasteiger partial charge in [0.25, 0.3) is 0 Å². The Balaban J connectivity index is 2.15. The summed E-state index contributed by atoms with van der Waals surface area (Å²) < 4.78 is 9.98. The molecule has 0 fully saturated rings. The molecule has 1 atom stereocenters. The van der Waals surface area contributed by atoms with E-state index in [4.69, 9.17) is 9.47 Å². The van der Waals surface area contributed by atoms with Crippen molar-refractivity contribution in [1.29, 1.82) is 0 Å². The van der Waals surface area contributed by atoms with Crippen LogP contribution in [-0.4, -0.2) is 29.4 Å². The van der Waals surface area contributed by atoms with E-state index in [1.165, 1.54) is 6.08 Å². The molecule has 2 N–H and O–H groups in total. The summed E-state index contributed by atoms with van der Waals surface area (Å²) in [5, 5.41) is 13.3. The number of esters is 2. The average Bonchev–Trinajstić information content (AvgIpc) is 2.75. The Morgan fingerprint density at radius 3 is 2.39 bits per heavy atom. The minimum atomic E-state index is -1.66. The Hall–Kier alpha value is -2.34. The van der Waals surface area contributed by atoms with Crippen LogP contribution in [0.15, 0.2) is 36.0 Å². The molecular weight excluding hydrogens is 298 g/mol. The van der Waals surface area contributed by atoms with E-state index < -0.39 is 23.1 Å². The van der Waals surface area contributed by atoms with E-state index in [1.54, 1.807) is 52.0 Å². The van der Waals surface area contributed by atoms with E-state index in [1.807, 2.05) is 0 Å². The van der Waals surface area contributed by atoms with Gasteiger partial charge in [0.2, 0.25) is 5.79 Å². The highest BCUT2D eigenvalue weighted by molar-refractivity contribution is 5.95. The maximum Gasteiger partial charge on any atom is 0.357 e. The average molecular weight is 319 g/mol. The molecule has 1 unspecified atom stereocenters. The van der Waals surface area contributed by atoms with Crippen LogP contribution in [0.1, 0.15) is 38.1 Å². The first-order valence-corrected chi connectivity index (χ1v) is 7.39. The van der Waals surface area contributed by atoms with E-state index in [9.17, 15) is 14.7 Å². The largest absolute Gasteiger partial charge is 0.462 e. The molecule has 0 amide bonds. The van der Waals surface area contributed by atoms with Gasteiger partial charge in [0.1, 0.15) is 5.70 Å². The third kappa shape index (κ3) is 3.53. The quantitative estimate of drug-likeness (QED) is 0.829. The summed E-state index contributed by atoms with van der Waals surface area (Å²) in [4.78, 5) is 23.5. The van der Waals surface area contributed by atoms with Crippen molar-refractivity contribution in [3.05, 3.63) is 41.6 Å². The molecular formula is C17H21NO5. The molecule has 0 bridgehead atoms. The fraction of sp³-hybridized carbons (Fsp3) is 0.412. The predicted molar refractivity (Wildman–Crippen MR) is 84.6 cm³/mol. The summed E-state index contributed by atoms with van der Waals surface area (Å²) in [5.41, 5.74) is 0.525. The molecule has 23 heavy (non-hydrogen) atoms. The van der Waals surface area contributed by atoms with Crippen molar-refractivity contribution in [3.8, 4) is 0 Å².